The molecule has 3 rings (SSSR count). The summed E-state index contributed by atoms with van der Waals surface area (Å²) in [7, 11) is 0. The minimum Gasteiger partial charge on any atom is -0.370 e. The van der Waals surface area contributed by atoms with Crippen molar-refractivity contribution in [1.82, 2.24) is 10.2 Å². The molecule has 1 heterocycles. The Hall–Kier alpha value is -2.48. The first kappa shape index (κ1) is 20.3. The van der Waals surface area contributed by atoms with E-state index in [0.29, 0.717) is 5.56 Å². The Kier molecular flexibility index (Phi) is 4.54. The van der Waals surface area contributed by atoms with E-state index in [4.69, 9.17) is 0 Å². The Morgan fingerprint density at radius 1 is 1.21 bits per heavy atom. The van der Waals surface area contributed by atoms with Gasteiger partial charge in [-0.15, -0.1) is 0 Å². The van der Waals surface area contributed by atoms with Gasteiger partial charge in [0.25, 0.3) is 5.69 Å². The molecule has 2 amide bonds. The number of non-ortho nitro benzene ring substituents is 1. The number of nitro benzene ring substituents is 1. The number of carbonyl (C=O) groups is 2. The number of Topliss-reactive ketones (excluding diaryl/α,β-unsaturated/α-hetero) is 1. The summed E-state index contributed by atoms with van der Waals surface area (Å²) in [5.74, 6) is -0.991. The molecule has 1 saturated heterocycles. The minimum absolute atomic E-state index is 0.0754. The molecule has 1 aromatic carbocycles. The van der Waals surface area contributed by atoms with E-state index >= 15 is 0 Å². The molecule has 1 aromatic rings. The molecule has 2 aliphatic rings. The van der Waals surface area contributed by atoms with Crippen molar-refractivity contribution in [2.45, 2.75) is 64.8 Å². The number of fused-ring (bicyclic) bond motifs is 1. The fourth-order valence-electron chi connectivity index (χ4n) is 4.81. The van der Waals surface area contributed by atoms with E-state index in [1.54, 1.807) is 0 Å². The van der Waals surface area contributed by atoms with E-state index in [1.807, 2.05) is 34.6 Å². The van der Waals surface area contributed by atoms with Gasteiger partial charge in [0.05, 0.1) is 16.9 Å². The van der Waals surface area contributed by atoms with E-state index in [2.05, 4.69) is 5.32 Å². The third-order valence-corrected chi connectivity index (χ3v) is 5.57. The second kappa shape index (κ2) is 6.27. The Morgan fingerprint density at radius 2 is 1.79 bits per heavy atom. The number of benzene rings is 1. The van der Waals surface area contributed by atoms with Crippen LogP contribution in [0.3, 0.4) is 0 Å². The molecule has 2 fully saturated rings. The fraction of sp³-hybridized carbons (Fsp3) is 0.600. The molecule has 0 spiro atoms. The van der Waals surface area contributed by atoms with Crippen LogP contribution >= 0.6 is 0 Å². The molecular formula is C20H27N3O5. The van der Waals surface area contributed by atoms with Gasteiger partial charge >= 0.3 is 6.03 Å². The normalized spacial score (nSPS) is 29.9. The predicted molar refractivity (Wildman–Crippen MR) is 102 cm³/mol. The van der Waals surface area contributed by atoms with Crippen molar-refractivity contribution in [3.05, 3.63) is 39.9 Å². The number of aliphatic hydroxyl groups is 1. The number of amides is 2. The van der Waals surface area contributed by atoms with Crippen LogP contribution in [0.4, 0.5) is 10.5 Å². The Labute approximate surface area is 164 Å². The van der Waals surface area contributed by atoms with E-state index in [9.17, 15) is 24.8 Å². The lowest BCUT2D eigenvalue weighted by Crippen LogP contribution is -2.74. The summed E-state index contributed by atoms with van der Waals surface area (Å²) < 4.78 is 0. The summed E-state index contributed by atoms with van der Waals surface area (Å²) in [5, 5.41) is 25.6. The third-order valence-electron chi connectivity index (χ3n) is 5.57. The molecule has 1 aliphatic heterocycles. The largest absolute Gasteiger partial charge is 0.370 e. The van der Waals surface area contributed by atoms with Crippen LogP contribution < -0.4 is 5.32 Å². The molecule has 152 valence electrons. The zero-order valence-corrected chi connectivity index (χ0v) is 16.9. The summed E-state index contributed by atoms with van der Waals surface area (Å²) in [6.45, 7) is 9.28. The minimum atomic E-state index is -1.65. The average Bonchev–Trinajstić information content (AvgIpc) is 2.50. The second-order valence-electron chi connectivity index (χ2n) is 9.62. The number of nitrogens with zero attached hydrogens (tertiary/aromatic N) is 2. The molecule has 1 aliphatic carbocycles. The highest BCUT2D eigenvalue weighted by molar-refractivity contribution is 5.89. The van der Waals surface area contributed by atoms with Gasteiger partial charge in [0.1, 0.15) is 5.78 Å². The molecule has 0 aromatic heterocycles. The Morgan fingerprint density at radius 3 is 2.29 bits per heavy atom. The fourth-order valence-corrected chi connectivity index (χ4v) is 4.81. The van der Waals surface area contributed by atoms with Crippen molar-refractivity contribution in [3.63, 3.8) is 0 Å². The zero-order chi connectivity index (χ0) is 21.1. The van der Waals surface area contributed by atoms with Gasteiger partial charge in [-0.25, -0.2) is 4.79 Å². The van der Waals surface area contributed by atoms with Crippen molar-refractivity contribution < 1.29 is 19.6 Å². The second-order valence-corrected chi connectivity index (χ2v) is 9.62. The molecule has 2 N–H and O–H groups in total. The van der Waals surface area contributed by atoms with Crippen LogP contribution in [0, 0.1) is 21.4 Å². The van der Waals surface area contributed by atoms with Gasteiger partial charge in [-0.1, -0.05) is 26.0 Å². The highest BCUT2D eigenvalue weighted by Gasteiger charge is 2.62. The molecule has 0 radical (unpaired) electrons. The first-order chi connectivity index (χ1) is 12.8. The van der Waals surface area contributed by atoms with Gasteiger partial charge in [0.2, 0.25) is 0 Å². The van der Waals surface area contributed by atoms with Crippen molar-refractivity contribution in [3.8, 4) is 0 Å². The first-order valence-corrected chi connectivity index (χ1v) is 9.37. The lowest BCUT2D eigenvalue weighted by molar-refractivity contribution is -0.384. The number of hydrogen-bond acceptors (Lipinski definition) is 5. The van der Waals surface area contributed by atoms with Crippen LogP contribution in [0.25, 0.3) is 0 Å². The van der Waals surface area contributed by atoms with Crippen LogP contribution in [-0.4, -0.2) is 38.0 Å². The van der Waals surface area contributed by atoms with Crippen molar-refractivity contribution in [2.24, 2.45) is 11.3 Å². The number of nitrogens with one attached hydrogen (secondary N) is 1. The van der Waals surface area contributed by atoms with Crippen LogP contribution in [0.5, 0.6) is 0 Å². The van der Waals surface area contributed by atoms with Crippen molar-refractivity contribution in [2.75, 3.05) is 0 Å². The van der Waals surface area contributed by atoms with Crippen LogP contribution in [0.15, 0.2) is 24.3 Å². The summed E-state index contributed by atoms with van der Waals surface area (Å²) >= 11 is 0. The van der Waals surface area contributed by atoms with Crippen molar-refractivity contribution >= 4 is 17.5 Å². The Bertz CT molecular complexity index is 825. The molecule has 1 saturated carbocycles. The average molecular weight is 389 g/mol. The number of urea groups is 1. The van der Waals surface area contributed by atoms with Gasteiger partial charge in [-0.05, 0) is 31.7 Å². The SMILES string of the molecule is CC1(C)CC(=O)C2C(c3ccc([N+](=O)[O-])cc3)NC(=O)N(C(C)(C)C)C2(O)C1. The molecule has 28 heavy (non-hydrogen) atoms. The number of carbonyl (C=O) groups excluding carboxylic acids is 2. The maximum atomic E-state index is 13.1. The van der Waals surface area contributed by atoms with Gasteiger partial charge in [-0.3, -0.25) is 19.8 Å². The summed E-state index contributed by atoms with van der Waals surface area (Å²) in [5.41, 5.74) is -2.32. The van der Waals surface area contributed by atoms with Crippen LogP contribution in [0.2, 0.25) is 0 Å². The third kappa shape index (κ3) is 3.26. The van der Waals surface area contributed by atoms with E-state index in [-0.39, 0.29) is 24.3 Å². The molecule has 0 bridgehead atoms. The van der Waals surface area contributed by atoms with E-state index in [0.717, 1.165) is 0 Å². The van der Waals surface area contributed by atoms with Crippen molar-refractivity contribution in [1.29, 1.82) is 0 Å². The molecule has 8 heteroatoms. The maximum Gasteiger partial charge on any atom is 0.320 e. The van der Waals surface area contributed by atoms with E-state index < -0.39 is 39.6 Å². The molecule has 3 atom stereocenters. The molecule has 3 unspecified atom stereocenters. The summed E-state index contributed by atoms with van der Waals surface area (Å²) in [4.78, 5) is 38.0. The van der Waals surface area contributed by atoms with Gasteiger partial charge < -0.3 is 10.4 Å². The van der Waals surface area contributed by atoms with Crippen LogP contribution in [-0.2, 0) is 4.79 Å². The van der Waals surface area contributed by atoms with E-state index in [1.165, 1.54) is 29.2 Å². The zero-order valence-electron chi connectivity index (χ0n) is 16.9. The highest BCUT2D eigenvalue weighted by Crippen LogP contribution is 2.52. The summed E-state index contributed by atoms with van der Waals surface area (Å²) in [6, 6.07) is 4.54. The molecule has 8 nitrogen and oxygen atoms in total. The maximum absolute atomic E-state index is 13.1. The monoisotopic (exact) mass is 389 g/mol. The predicted octanol–water partition coefficient (Wildman–Crippen LogP) is 3.15. The van der Waals surface area contributed by atoms with Gasteiger partial charge in [-0.2, -0.15) is 0 Å². The lowest BCUT2D eigenvalue weighted by Gasteiger charge is -2.59. The number of nitro groups is 1. The topological polar surface area (TPSA) is 113 Å². The Balaban J connectivity index is 2.11. The number of ketones is 1. The highest BCUT2D eigenvalue weighted by atomic mass is 16.6. The summed E-state index contributed by atoms with van der Waals surface area (Å²) in [6.07, 6.45) is 0.557. The first-order valence-electron chi connectivity index (χ1n) is 9.37. The van der Waals surface area contributed by atoms with Gasteiger partial charge in [0, 0.05) is 30.5 Å². The standard InChI is InChI=1S/C20H27N3O5/c1-18(2,3)22-17(25)21-16(12-6-8-13(9-7-12)23(27)28)15-14(24)10-19(4,5)11-20(15,22)26/h6-9,15-16,26H,10-11H2,1-5H3,(H,21,25). The lowest BCUT2D eigenvalue weighted by atomic mass is 9.62. The number of hydrogen-bond donors (Lipinski definition) is 2. The quantitative estimate of drug-likeness (QED) is 0.596. The van der Waals surface area contributed by atoms with Gasteiger partial charge in [0.15, 0.2) is 5.72 Å². The molecular weight excluding hydrogens is 362 g/mol. The smallest absolute Gasteiger partial charge is 0.320 e. The number of rotatable bonds is 2. The van der Waals surface area contributed by atoms with Crippen LogP contribution in [0.1, 0.15) is 59.1 Å².